The topological polar surface area (TPSA) is 76.5 Å². The fourth-order valence-electron chi connectivity index (χ4n) is 2.98. The van der Waals surface area contributed by atoms with E-state index in [0.717, 1.165) is 11.1 Å². The summed E-state index contributed by atoms with van der Waals surface area (Å²) < 4.78 is 17.9. The highest BCUT2D eigenvalue weighted by Crippen LogP contribution is 2.29. The van der Waals surface area contributed by atoms with Crippen molar-refractivity contribution < 1.29 is 14.2 Å². The highest BCUT2D eigenvalue weighted by Gasteiger charge is 2.38. The average molecular weight is 388 g/mol. The summed E-state index contributed by atoms with van der Waals surface area (Å²) in [5.74, 6) is 0. The number of ether oxygens (including phenoxy) is 3. The van der Waals surface area contributed by atoms with Crippen molar-refractivity contribution >= 4 is 11.6 Å². The van der Waals surface area contributed by atoms with Crippen molar-refractivity contribution in [2.75, 3.05) is 6.54 Å². The third-order valence-corrected chi connectivity index (χ3v) is 4.80. The summed E-state index contributed by atoms with van der Waals surface area (Å²) in [6.07, 6.45) is -0.412. The lowest BCUT2D eigenvalue weighted by Gasteiger charge is -2.38. The van der Waals surface area contributed by atoms with Gasteiger partial charge in [-0.05, 0) is 16.7 Å². The quantitative estimate of drug-likeness (QED) is 0.282. The summed E-state index contributed by atoms with van der Waals surface area (Å²) in [5, 5.41) is 3.63. The zero-order valence-corrected chi connectivity index (χ0v) is 15.6. The van der Waals surface area contributed by atoms with E-state index in [9.17, 15) is 0 Å². The van der Waals surface area contributed by atoms with Crippen molar-refractivity contribution in [3.63, 3.8) is 0 Å². The Balaban J connectivity index is 1.62. The maximum absolute atomic E-state index is 8.62. The summed E-state index contributed by atoms with van der Waals surface area (Å²) in [6.45, 7) is 1.06. The van der Waals surface area contributed by atoms with E-state index in [-0.39, 0.29) is 18.8 Å². The lowest BCUT2D eigenvalue weighted by molar-refractivity contribution is -0.175. The van der Waals surface area contributed by atoms with Crippen molar-refractivity contribution in [2.24, 2.45) is 5.11 Å². The van der Waals surface area contributed by atoms with Gasteiger partial charge in [0.1, 0.15) is 6.10 Å². The Morgan fingerprint density at radius 2 is 1.52 bits per heavy atom. The van der Waals surface area contributed by atoms with E-state index in [1.54, 1.807) is 0 Å². The fourth-order valence-corrected chi connectivity index (χ4v) is 3.29. The number of benzene rings is 2. The van der Waals surface area contributed by atoms with E-state index in [4.69, 9.17) is 31.3 Å². The molecule has 1 saturated heterocycles. The largest absolute Gasteiger partial charge is 0.371 e. The van der Waals surface area contributed by atoms with Crippen LogP contribution < -0.4 is 0 Å². The number of azide groups is 1. The molecule has 2 aromatic carbocycles. The van der Waals surface area contributed by atoms with Gasteiger partial charge in [-0.3, -0.25) is 0 Å². The van der Waals surface area contributed by atoms with Crippen LogP contribution in [0.2, 0.25) is 0 Å². The Bertz CT molecular complexity index is 741. The minimum Gasteiger partial charge on any atom is -0.371 e. The SMILES string of the molecule is [N-]=[N+]=NC[C@H]1O[C@H](Cl)[C@H](OCc2ccccc2)C[C@@H]1OCc1ccccc1. The number of rotatable bonds is 8. The van der Waals surface area contributed by atoms with Crippen LogP contribution in [0.4, 0.5) is 0 Å². The van der Waals surface area contributed by atoms with Gasteiger partial charge in [0.2, 0.25) is 0 Å². The van der Waals surface area contributed by atoms with Gasteiger partial charge in [0.25, 0.3) is 0 Å². The zero-order valence-electron chi connectivity index (χ0n) is 14.9. The van der Waals surface area contributed by atoms with Crippen LogP contribution in [0.5, 0.6) is 0 Å². The van der Waals surface area contributed by atoms with Crippen LogP contribution in [0.25, 0.3) is 10.4 Å². The molecule has 2 aromatic rings. The van der Waals surface area contributed by atoms with E-state index in [2.05, 4.69) is 10.0 Å². The molecular formula is C20H22ClN3O3. The molecular weight excluding hydrogens is 366 g/mol. The Morgan fingerprint density at radius 3 is 2.07 bits per heavy atom. The van der Waals surface area contributed by atoms with Crippen molar-refractivity contribution in [2.45, 2.75) is 43.5 Å². The molecule has 0 N–H and O–H groups in total. The molecule has 0 aliphatic carbocycles. The maximum atomic E-state index is 8.62. The van der Waals surface area contributed by atoms with Crippen molar-refractivity contribution in [1.82, 2.24) is 0 Å². The molecule has 0 radical (unpaired) electrons. The third kappa shape index (κ3) is 5.96. The average Bonchev–Trinajstić information content (AvgIpc) is 2.72. The van der Waals surface area contributed by atoms with Crippen LogP contribution in [-0.4, -0.2) is 30.4 Å². The zero-order chi connectivity index (χ0) is 18.9. The molecule has 0 amide bonds. The van der Waals surface area contributed by atoms with Crippen molar-refractivity contribution in [1.29, 1.82) is 0 Å². The fraction of sp³-hybridized carbons (Fsp3) is 0.400. The first-order valence-corrected chi connectivity index (χ1v) is 9.31. The lowest BCUT2D eigenvalue weighted by Crippen LogP contribution is -2.48. The molecule has 1 fully saturated rings. The molecule has 0 spiro atoms. The molecule has 0 aromatic heterocycles. The summed E-state index contributed by atoms with van der Waals surface area (Å²) in [7, 11) is 0. The standard InChI is InChI=1S/C20H22ClN3O3/c21-20-18(26-14-16-9-5-2-6-10-16)11-17(19(27-20)12-23-24-22)25-13-15-7-3-1-4-8-15/h1-10,17-20H,11-14H2/t17-,18+,19+,20-/m0/s1. The molecule has 3 rings (SSSR count). The van der Waals surface area contributed by atoms with Gasteiger partial charge in [-0.1, -0.05) is 77.4 Å². The van der Waals surface area contributed by atoms with E-state index < -0.39 is 11.7 Å². The highest BCUT2D eigenvalue weighted by molar-refractivity contribution is 6.20. The third-order valence-electron chi connectivity index (χ3n) is 4.42. The van der Waals surface area contributed by atoms with Crippen molar-refractivity contribution in [3.05, 3.63) is 82.2 Å². The normalized spacial score (nSPS) is 24.9. The van der Waals surface area contributed by atoms with Crippen LogP contribution in [0.1, 0.15) is 17.5 Å². The number of halogens is 1. The molecule has 27 heavy (non-hydrogen) atoms. The van der Waals surface area contributed by atoms with Crippen LogP contribution in [0, 0.1) is 0 Å². The molecule has 0 unspecified atom stereocenters. The Morgan fingerprint density at radius 1 is 0.963 bits per heavy atom. The molecule has 1 heterocycles. The van der Waals surface area contributed by atoms with Gasteiger partial charge in [-0.2, -0.15) is 0 Å². The molecule has 0 saturated carbocycles. The first-order valence-electron chi connectivity index (χ1n) is 8.87. The van der Waals surface area contributed by atoms with Gasteiger partial charge in [0.15, 0.2) is 5.56 Å². The van der Waals surface area contributed by atoms with Gasteiger partial charge in [-0.25, -0.2) is 0 Å². The van der Waals surface area contributed by atoms with E-state index in [0.29, 0.717) is 19.6 Å². The molecule has 142 valence electrons. The Hall–Kier alpha value is -2.08. The Kier molecular flexibility index (Phi) is 7.51. The number of hydrogen-bond acceptors (Lipinski definition) is 4. The van der Waals surface area contributed by atoms with Crippen molar-refractivity contribution in [3.8, 4) is 0 Å². The molecule has 1 aliphatic heterocycles. The van der Waals surface area contributed by atoms with Crippen LogP contribution in [-0.2, 0) is 27.4 Å². The maximum Gasteiger partial charge on any atom is 0.157 e. The summed E-state index contributed by atoms with van der Waals surface area (Å²) in [6, 6.07) is 19.8. The second kappa shape index (κ2) is 10.3. The second-order valence-electron chi connectivity index (χ2n) is 6.34. The lowest BCUT2D eigenvalue weighted by atomic mass is 10.0. The van der Waals surface area contributed by atoms with Gasteiger partial charge in [-0.15, -0.1) is 0 Å². The van der Waals surface area contributed by atoms with E-state index in [1.165, 1.54) is 0 Å². The van der Waals surface area contributed by atoms with Crippen LogP contribution >= 0.6 is 11.6 Å². The minimum atomic E-state index is -0.621. The Labute approximate surface area is 163 Å². The molecule has 6 nitrogen and oxygen atoms in total. The number of nitrogens with zero attached hydrogens (tertiary/aromatic N) is 3. The predicted octanol–water partition coefficient (Wildman–Crippen LogP) is 4.82. The van der Waals surface area contributed by atoms with Crippen LogP contribution in [0.3, 0.4) is 0 Å². The first-order chi connectivity index (χ1) is 13.3. The van der Waals surface area contributed by atoms with Crippen LogP contribution in [0.15, 0.2) is 65.8 Å². The van der Waals surface area contributed by atoms with Gasteiger partial charge < -0.3 is 14.2 Å². The summed E-state index contributed by atoms with van der Waals surface area (Å²) in [5.41, 5.74) is 10.1. The molecule has 4 atom stereocenters. The monoisotopic (exact) mass is 387 g/mol. The minimum absolute atomic E-state index is 0.171. The smallest absolute Gasteiger partial charge is 0.157 e. The highest BCUT2D eigenvalue weighted by atomic mass is 35.5. The number of hydrogen-bond donors (Lipinski definition) is 0. The van der Waals surface area contributed by atoms with E-state index in [1.807, 2.05) is 60.7 Å². The van der Waals surface area contributed by atoms with Gasteiger partial charge in [0, 0.05) is 11.3 Å². The predicted molar refractivity (Wildman–Crippen MR) is 103 cm³/mol. The summed E-state index contributed by atoms with van der Waals surface area (Å²) >= 11 is 6.37. The number of alkyl halides is 1. The molecule has 7 heteroatoms. The molecule has 0 bridgehead atoms. The van der Waals surface area contributed by atoms with Gasteiger partial charge in [0.05, 0.1) is 32.0 Å². The second-order valence-corrected chi connectivity index (χ2v) is 6.78. The van der Waals surface area contributed by atoms with E-state index >= 15 is 0 Å². The van der Waals surface area contributed by atoms with Gasteiger partial charge >= 0.3 is 0 Å². The summed E-state index contributed by atoms with van der Waals surface area (Å²) in [4.78, 5) is 2.82. The molecule has 1 aliphatic rings. The first kappa shape index (κ1) is 19.7.